The molecule has 2 nitrogen and oxygen atoms in total. The normalized spacial score (nSPS) is 10.6. The Morgan fingerprint density at radius 1 is 0.615 bits per heavy atom. The van der Waals surface area contributed by atoms with Crippen molar-refractivity contribution >= 4 is 31.9 Å². The van der Waals surface area contributed by atoms with Crippen molar-refractivity contribution < 1.29 is 9.47 Å². The predicted octanol–water partition coefficient (Wildman–Crippen LogP) is 6.41. The van der Waals surface area contributed by atoms with Crippen LogP contribution in [-0.4, -0.2) is 14.2 Å². The Hall–Kier alpha value is -1.78. The summed E-state index contributed by atoms with van der Waals surface area (Å²) in [4.78, 5) is 0. The first-order valence-electron chi connectivity index (χ1n) is 8.31. The molecule has 0 heterocycles. The smallest absolute Gasteiger partial charge is 0.126 e. The van der Waals surface area contributed by atoms with E-state index in [-0.39, 0.29) is 0 Å². The van der Waals surface area contributed by atoms with Crippen molar-refractivity contribution in [2.45, 2.75) is 12.8 Å². The Balaban J connectivity index is 1.95. The van der Waals surface area contributed by atoms with E-state index in [0.717, 1.165) is 44.4 Å². The molecule has 0 N–H and O–H groups in total. The zero-order valence-corrected chi connectivity index (χ0v) is 17.9. The molecular formula is C22H20Br2O2. The van der Waals surface area contributed by atoms with Crippen molar-refractivity contribution in [1.82, 2.24) is 0 Å². The number of hydrogen-bond acceptors (Lipinski definition) is 2. The van der Waals surface area contributed by atoms with Crippen molar-refractivity contribution in [3.05, 3.63) is 91.9 Å². The molecule has 0 fully saturated rings. The summed E-state index contributed by atoms with van der Waals surface area (Å²) in [6.45, 7) is 0. The molecule has 0 atom stereocenters. The maximum Gasteiger partial charge on any atom is 0.126 e. The minimum absolute atomic E-state index is 0.813. The highest BCUT2D eigenvalue weighted by Gasteiger charge is 2.12. The van der Waals surface area contributed by atoms with Crippen LogP contribution in [0.3, 0.4) is 0 Å². The zero-order chi connectivity index (χ0) is 18.5. The molecule has 0 radical (unpaired) electrons. The van der Waals surface area contributed by atoms with Gasteiger partial charge in [-0.25, -0.2) is 0 Å². The maximum atomic E-state index is 5.61. The Labute approximate surface area is 171 Å². The molecule has 0 spiro atoms. The van der Waals surface area contributed by atoms with Gasteiger partial charge in [0.05, 0.1) is 14.2 Å². The average Bonchev–Trinajstić information content (AvgIpc) is 2.65. The minimum atomic E-state index is 0.813. The van der Waals surface area contributed by atoms with E-state index in [2.05, 4.69) is 86.5 Å². The summed E-state index contributed by atoms with van der Waals surface area (Å²) < 4.78 is 13.4. The molecule has 3 aromatic rings. The van der Waals surface area contributed by atoms with Crippen molar-refractivity contribution in [1.29, 1.82) is 0 Å². The lowest BCUT2D eigenvalue weighted by Crippen LogP contribution is -2.00. The quantitative estimate of drug-likeness (QED) is 0.410. The monoisotopic (exact) mass is 474 g/mol. The molecule has 0 saturated carbocycles. The van der Waals surface area contributed by atoms with Crippen molar-refractivity contribution in [3.63, 3.8) is 0 Å². The molecule has 3 rings (SSSR count). The van der Waals surface area contributed by atoms with Crippen LogP contribution in [-0.2, 0) is 12.8 Å². The van der Waals surface area contributed by atoms with Crippen LogP contribution in [0.2, 0.25) is 0 Å². The van der Waals surface area contributed by atoms with Gasteiger partial charge in [-0.3, -0.25) is 0 Å². The molecule has 0 saturated heterocycles. The van der Waals surface area contributed by atoms with E-state index in [1.165, 1.54) is 11.1 Å². The largest absolute Gasteiger partial charge is 0.496 e. The zero-order valence-electron chi connectivity index (χ0n) is 14.8. The number of hydrogen-bond donors (Lipinski definition) is 0. The van der Waals surface area contributed by atoms with Crippen LogP contribution >= 0.6 is 31.9 Å². The van der Waals surface area contributed by atoms with Gasteiger partial charge in [0.1, 0.15) is 11.5 Å². The summed E-state index contributed by atoms with van der Waals surface area (Å²) in [6, 6.07) is 20.9. The van der Waals surface area contributed by atoms with Gasteiger partial charge in [-0.2, -0.15) is 0 Å². The van der Waals surface area contributed by atoms with Crippen molar-refractivity contribution in [3.8, 4) is 11.5 Å². The molecule has 0 aromatic heterocycles. The number of methoxy groups -OCH3 is 2. The molecule has 4 heteroatoms. The third kappa shape index (κ3) is 4.68. The lowest BCUT2D eigenvalue weighted by molar-refractivity contribution is 0.389. The molecule has 0 aliphatic heterocycles. The SMILES string of the molecule is COc1cc(OC)c(Cc2ccc(Br)cc2)cc1Cc1ccc(Br)cc1. The van der Waals surface area contributed by atoms with Gasteiger partial charge in [0.25, 0.3) is 0 Å². The van der Waals surface area contributed by atoms with Crippen LogP contribution in [0.15, 0.2) is 69.6 Å². The second-order valence-electron chi connectivity index (χ2n) is 6.08. The van der Waals surface area contributed by atoms with Crippen molar-refractivity contribution in [2.75, 3.05) is 14.2 Å². The summed E-state index contributed by atoms with van der Waals surface area (Å²) in [7, 11) is 3.41. The lowest BCUT2D eigenvalue weighted by Gasteiger charge is -2.15. The van der Waals surface area contributed by atoms with E-state index in [4.69, 9.17) is 9.47 Å². The predicted molar refractivity (Wildman–Crippen MR) is 113 cm³/mol. The molecule has 0 bridgehead atoms. The highest BCUT2D eigenvalue weighted by atomic mass is 79.9. The minimum Gasteiger partial charge on any atom is -0.496 e. The summed E-state index contributed by atoms with van der Waals surface area (Å²) in [5, 5.41) is 0. The van der Waals surface area contributed by atoms with Gasteiger partial charge in [0.2, 0.25) is 0 Å². The number of halogens is 2. The van der Waals surface area contributed by atoms with E-state index in [1.54, 1.807) is 14.2 Å². The van der Waals surface area contributed by atoms with Gasteiger partial charge >= 0.3 is 0 Å². The Morgan fingerprint density at radius 2 is 1.00 bits per heavy atom. The highest BCUT2D eigenvalue weighted by Crippen LogP contribution is 2.32. The average molecular weight is 476 g/mol. The first-order chi connectivity index (χ1) is 12.6. The Morgan fingerprint density at radius 3 is 1.35 bits per heavy atom. The van der Waals surface area contributed by atoms with Gasteiger partial charge in [0, 0.05) is 27.9 Å². The molecule has 0 aliphatic rings. The highest BCUT2D eigenvalue weighted by molar-refractivity contribution is 9.10. The summed E-state index contributed by atoms with van der Waals surface area (Å²) in [5.41, 5.74) is 4.79. The Kier molecular flexibility index (Phi) is 6.38. The van der Waals surface area contributed by atoms with Crippen LogP contribution in [0.5, 0.6) is 11.5 Å². The number of ether oxygens (including phenoxy) is 2. The van der Waals surface area contributed by atoms with E-state index in [0.29, 0.717) is 0 Å². The summed E-state index contributed by atoms with van der Waals surface area (Å²) >= 11 is 6.97. The third-order valence-corrected chi connectivity index (χ3v) is 5.36. The first-order valence-corrected chi connectivity index (χ1v) is 9.90. The van der Waals surface area contributed by atoms with Gasteiger partial charge in [0.15, 0.2) is 0 Å². The molecule has 0 unspecified atom stereocenters. The Bertz CT molecular complexity index is 801. The maximum absolute atomic E-state index is 5.61. The second kappa shape index (κ2) is 8.74. The van der Waals surface area contributed by atoms with Crippen molar-refractivity contribution in [2.24, 2.45) is 0 Å². The molecular weight excluding hydrogens is 456 g/mol. The van der Waals surface area contributed by atoms with Gasteiger partial charge in [-0.15, -0.1) is 0 Å². The van der Waals surface area contributed by atoms with E-state index in [9.17, 15) is 0 Å². The van der Waals surface area contributed by atoms with Crippen LogP contribution in [0.1, 0.15) is 22.3 Å². The summed E-state index contributed by atoms with van der Waals surface area (Å²) in [6.07, 6.45) is 1.63. The van der Waals surface area contributed by atoms with E-state index < -0.39 is 0 Å². The third-order valence-electron chi connectivity index (χ3n) is 4.30. The fourth-order valence-electron chi connectivity index (χ4n) is 2.96. The topological polar surface area (TPSA) is 18.5 Å². The standard InChI is InChI=1S/C22H20Br2O2/c1-25-21-14-22(26-2)18(12-16-5-9-20(24)10-6-16)13-17(21)11-15-3-7-19(23)8-4-15/h3-10,13-14H,11-12H2,1-2H3. The fraction of sp³-hybridized carbons (Fsp3) is 0.182. The lowest BCUT2D eigenvalue weighted by atomic mass is 9.97. The molecule has 26 heavy (non-hydrogen) atoms. The molecule has 0 amide bonds. The summed E-state index contributed by atoms with van der Waals surface area (Å²) in [5.74, 6) is 1.70. The van der Waals surface area contributed by atoms with Gasteiger partial charge in [-0.1, -0.05) is 56.1 Å². The fourth-order valence-corrected chi connectivity index (χ4v) is 3.49. The van der Waals surface area contributed by atoms with E-state index in [1.807, 2.05) is 6.07 Å². The van der Waals surface area contributed by atoms with Gasteiger partial charge in [-0.05, 0) is 52.6 Å². The number of rotatable bonds is 6. The van der Waals surface area contributed by atoms with E-state index >= 15 is 0 Å². The molecule has 3 aromatic carbocycles. The van der Waals surface area contributed by atoms with Crippen LogP contribution in [0, 0.1) is 0 Å². The molecule has 134 valence electrons. The number of benzene rings is 3. The van der Waals surface area contributed by atoms with Crippen LogP contribution in [0.4, 0.5) is 0 Å². The second-order valence-corrected chi connectivity index (χ2v) is 7.91. The van der Waals surface area contributed by atoms with Crippen LogP contribution in [0.25, 0.3) is 0 Å². The molecule has 0 aliphatic carbocycles. The first kappa shape index (κ1) is 19.0. The van der Waals surface area contributed by atoms with Gasteiger partial charge < -0.3 is 9.47 Å². The van der Waals surface area contributed by atoms with Crippen LogP contribution < -0.4 is 9.47 Å².